The van der Waals surface area contributed by atoms with Crippen LogP contribution in [0.2, 0.25) is 0 Å². The van der Waals surface area contributed by atoms with Crippen molar-refractivity contribution in [3.63, 3.8) is 0 Å². The van der Waals surface area contributed by atoms with E-state index in [-0.39, 0.29) is 12.1 Å². The molecule has 0 radical (unpaired) electrons. The molecule has 0 saturated heterocycles. The van der Waals surface area contributed by atoms with Crippen molar-refractivity contribution < 1.29 is 14.3 Å². The Morgan fingerprint density at radius 3 is 2.81 bits per heavy atom. The lowest BCUT2D eigenvalue weighted by Gasteiger charge is -2.22. The number of H-pyrrole nitrogens is 1. The molecule has 0 spiro atoms. The second-order valence-corrected chi connectivity index (χ2v) is 6.62. The van der Waals surface area contributed by atoms with E-state index in [2.05, 4.69) is 15.5 Å². The predicted molar refractivity (Wildman–Crippen MR) is 98.6 cm³/mol. The maximum Gasteiger partial charge on any atom is 0.317 e. The molecule has 3 rings (SSSR count). The molecule has 1 aromatic carbocycles. The lowest BCUT2D eigenvalue weighted by atomic mass is 10.1. The van der Waals surface area contributed by atoms with E-state index >= 15 is 0 Å². The van der Waals surface area contributed by atoms with Crippen molar-refractivity contribution in [1.29, 1.82) is 0 Å². The van der Waals surface area contributed by atoms with Crippen molar-refractivity contribution in [2.75, 3.05) is 21.3 Å². The van der Waals surface area contributed by atoms with Crippen molar-refractivity contribution in [1.82, 2.24) is 20.4 Å². The number of nitrogens with one attached hydrogen (secondary N) is 2. The average Bonchev–Trinajstić information content (AvgIpc) is 3.26. The number of rotatable bonds is 6. The van der Waals surface area contributed by atoms with Gasteiger partial charge in [-0.25, -0.2) is 4.79 Å². The fourth-order valence-electron chi connectivity index (χ4n) is 3.32. The van der Waals surface area contributed by atoms with E-state index in [0.717, 1.165) is 30.5 Å². The standard InChI is InChI=1S/C19H26N4O3/c1-12(13-8-9-17(25-3)18(10-13)26-4)20-19(24)23(2)11-16-14-6-5-7-15(14)21-22-16/h8-10,12H,5-7,11H2,1-4H3,(H,20,24)(H,21,22)/t12-/m0/s1. The Balaban J connectivity index is 1.63. The minimum Gasteiger partial charge on any atom is -0.493 e. The molecule has 2 N–H and O–H groups in total. The molecule has 1 heterocycles. The summed E-state index contributed by atoms with van der Waals surface area (Å²) in [7, 11) is 4.98. The van der Waals surface area contributed by atoms with Crippen molar-refractivity contribution >= 4 is 6.03 Å². The van der Waals surface area contributed by atoms with Crippen LogP contribution in [0.1, 0.15) is 41.9 Å². The van der Waals surface area contributed by atoms with E-state index in [1.807, 2.05) is 25.1 Å². The molecule has 0 fully saturated rings. The number of urea groups is 1. The van der Waals surface area contributed by atoms with Crippen LogP contribution in [0.5, 0.6) is 11.5 Å². The number of benzene rings is 1. The van der Waals surface area contributed by atoms with Crippen LogP contribution in [0.25, 0.3) is 0 Å². The highest BCUT2D eigenvalue weighted by atomic mass is 16.5. The van der Waals surface area contributed by atoms with Crippen LogP contribution in [0.15, 0.2) is 18.2 Å². The maximum absolute atomic E-state index is 12.6. The summed E-state index contributed by atoms with van der Waals surface area (Å²) in [5.74, 6) is 1.31. The first-order valence-corrected chi connectivity index (χ1v) is 8.82. The fourth-order valence-corrected chi connectivity index (χ4v) is 3.32. The average molecular weight is 358 g/mol. The van der Waals surface area contributed by atoms with Gasteiger partial charge in [0.25, 0.3) is 0 Å². The number of aryl methyl sites for hydroxylation is 1. The fraction of sp³-hybridized carbons (Fsp3) is 0.474. The first kappa shape index (κ1) is 18.1. The van der Waals surface area contributed by atoms with Gasteiger partial charge >= 0.3 is 6.03 Å². The Labute approximate surface area is 153 Å². The summed E-state index contributed by atoms with van der Waals surface area (Å²) in [5, 5.41) is 10.5. The number of nitrogens with zero attached hydrogens (tertiary/aromatic N) is 2. The number of fused-ring (bicyclic) bond motifs is 1. The van der Waals surface area contributed by atoms with Gasteiger partial charge in [-0.15, -0.1) is 0 Å². The Hall–Kier alpha value is -2.70. The van der Waals surface area contributed by atoms with Crippen LogP contribution in [0.3, 0.4) is 0 Å². The normalized spacial score (nSPS) is 13.8. The van der Waals surface area contributed by atoms with E-state index in [1.165, 1.54) is 11.3 Å². The van der Waals surface area contributed by atoms with E-state index in [4.69, 9.17) is 9.47 Å². The zero-order chi connectivity index (χ0) is 18.7. The maximum atomic E-state index is 12.6. The van der Waals surface area contributed by atoms with Gasteiger partial charge in [-0.2, -0.15) is 5.10 Å². The SMILES string of the molecule is COc1ccc([C@H](C)NC(=O)N(C)Cc2n[nH]c3c2CCC3)cc1OC. The third-order valence-corrected chi connectivity index (χ3v) is 4.87. The molecule has 1 atom stereocenters. The second-order valence-electron chi connectivity index (χ2n) is 6.62. The van der Waals surface area contributed by atoms with E-state index < -0.39 is 0 Å². The number of aromatic nitrogens is 2. The third kappa shape index (κ3) is 3.61. The summed E-state index contributed by atoms with van der Waals surface area (Å²) in [6.07, 6.45) is 3.25. The summed E-state index contributed by atoms with van der Waals surface area (Å²) in [4.78, 5) is 14.2. The molecule has 0 unspecified atom stereocenters. The number of hydrogen-bond acceptors (Lipinski definition) is 4. The molecular weight excluding hydrogens is 332 g/mol. The molecule has 0 saturated carbocycles. The van der Waals surface area contributed by atoms with Gasteiger partial charge in [0.15, 0.2) is 11.5 Å². The lowest BCUT2D eigenvalue weighted by molar-refractivity contribution is 0.203. The number of methoxy groups -OCH3 is 2. The van der Waals surface area contributed by atoms with Crippen molar-refractivity contribution in [3.8, 4) is 11.5 Å². The largest absolute Gasteiger partial charge is 0.493 e. The Kier molecular flexibility index (Phi) is 5.35. The van der Waals surface area contributed by atoms with Gasteiger partial charge in [0.05, 0.1) is 32.5 Å². The molecule has 1 aromatic heterocycles. The number of carbonyl (C=O) groups is 1. The minimum atomic E-state index is -0.158. The summed E-state index contributed by atoms with van der Waals surface area (Å²) in [5.41, 5.74) is 4.41. The Bertz CT molecular complexity index is 787. The van der Waals surface area contributed by atoms with Gasteiger partial charge in [0, 0.05) is 12.7 Å². The molecule has 0 bridgehead atoms. The molecular formula is C19H26N4O3. The second kappa shape index (κ2) is 7.68. The Morgan fingerprint density at radius 2 is 2.08 bits per heavy atom. The lowest BCUT2D eigenvalue weighted by Crippen LogP contribution is -2.38. The number of hydrogen-bond donors (Lipinski definition) is 2. The van der Waals surface area contributed by atoms with Gasteiger partial charge in [-0.3, -0.25) is 5.10 Å². The van der Waals surface area contributed by atoms with Gasteiger partial charge in [-0.05, 0) is 49.4 Å². The highest BCUT2D eigenvalue weighted by Gasteiger charge is 2.21. The van der Waals surface area contributed by atoms with Gasteiger partial charge in [-0.1, -0.05) is 6.07 Å². The number of aromatic amines is 1. The minimum absolute atomic E-state index is 0.137. The first-order valence-electron chi connectivity index (χ1n) is 8.82. The van der Waals surface area contributed by atoms with Crippen LogP contribution in [-0.2, 0) is 19.4 Å². The van der Waals surface area contributed by atoms with Crippen LogP contribution in [-0.4, -0.2) is 42.4 Å². The quantitative estimate of drug-likeness (QED) is 0.832. The van der Waals surface area contributed by atoms with Crippen molar-refractivity contribution in [2.24, 2.45) is 0 Å². The predicted octanol–water partition coefficient (Wildman–Crippen LogP) is 2.82. The number of amides is 2. The van der Waals surface area contributed by atoms with Gasteiger partial charge in [0.2, 0.25) is 0 Å². The summed E-state index contributed by atoms with van der Waals surface area (Å²) < 4.78 is 10.6. The molecule has 2 amide bonds. The van der Waals surface area contributed by atoms with Crippen molar-refractivity contribution in [2.45, 2.75) is 38.8 Å². The van der Waals surface area contributed by atoms with E-state index in [1.54, 1.807) is 26.2 Å². The zero-order valence-corrected chi connectivity index (χ0v) is 15.8. The summed E-state index contributed by atoms with van der Waals surface area (Å²) in [6.45, 7) is 2.44. The summed E-state index contributed by atoms with van der Waals surface area (Å²) in [6, 6.07) is 5.35. The molecule has 7 nitrogen and oxygen atoms in total. The molecule has 0 aliphatic heterocycles. The zero-order valence-electron chi connectivity index (χ0n) is 15.8. The smallest absolute Gasteiger partial charge is 0.317 e. The van der Waals surface area contributed by atoms with Gasteiger partial charge in [0.1, 0.15) is 0 Å². The van der Waals surface area contributed by atoms with Crippen LogP contribution in [0.4, 0.5) is 4.79 Å². The molecule has 1 aliphatic rings. The van der Waals surface area contributed by atoms with Crippen LogP contribution < -0.4 is 14.8 Å². The molecule has 7 heteroatoms. The topological polar surface area (TPSA) is 79.5 Å². The highest BCUT2D eigenvalue weighted by molar-refractivity contribution is 5.74. The molecule has 1 aliphatic carbocycles. The number of ether oxygens (including phenoxy) is 2. The number of carbonyl (C=O) groups excluding carboxylic acids is 1. The van der Waals surface area contributed by atoms with Crippen LogP contribution >= 0.6 is 0 Å². The molecule has 2 aromatic rings. The Morgan fingerprint density at radius 1 is 1.31 bits per heavy atom. The third-order valence-electron chi connectivity index (χ3n) is 4.87. The first-order chi connectivity index (χ1) is 12.5. The molecule has 140 valence electrons. The molecule has 26 heavy (non-hydrogen) atoms. The van der Waals surface area contributed by atoms with Crippen molar-refractivity contribution in [3.05, 3.63) is 40.7 Å². The van der Waals surface area contributed by atoms with E-state index in [0.29, 0.717) is 18.0 Å². The van der Waals surface area contributed by atoms with E-state index in [9.17, 15) is 4.79 Å². The summed E-state index contributed by atoms with van der Waals surface area (Å²) >= 11 is 0. The van der Waals surface area contributed by atoms with Crippen LogP contribution in [0, 0.1) is 0 Å². The highest BCUT2D eigenvalue weighted by Crippen LogP contribution is 2.30. The monoisotopic (exact) mass is 358 g/mol. The van der Waals surface area contributed by atoms with Gasteiger partial charge < -0.3 is 19.7 Å².